The van der Waals surface area contributed by atoms with E-state index in [2.05, 4.69) is 42.0 Å². The Labute approximate surface area is 117 Å². The van der Waals surface area contributed by atoms with Crippen LogP contribution in [0.15, 0.2) is 24.5 Å². The first kappa shape index (κ1) is 14.5. The molecule has 1 aromatic rings. The summed E-state index contributed by atoms with van der Waals surface area (Å²) >= 11 is 0. The Balaban J connectivity index is 1.95. The van der Waals surface area contributed by atoms with E-state index in [0.29, 0.717) is 6.04 Å². The molecule has 19 heavy (non-hydrogen) atoms. The molecule has 3 nitrogen and oxygen atoms in total. The van der Waals surface area contributed by atoms with E-state index in [0.717, 1.165) is 26.1 Å². The maximum absolute atomic E-state index is 4.20. The minimum absolute atomic E-state index is 0.278. The maximum Gasteiger partial charge on any atom is 0.0300 e. The van der Waals surface area contributed by atoms with Crippen LogP contribution in [0.2, 0.25) is 0 Å². The number of pyridine rings is 1. The van der Waals surface area contributed by atoms with Crippen LogP contribution in [0.5, 0.6) is 0 Å². The van der Waals surface area contributed by atoms with Gasteiger partial charge < -0.3 is 5.32 Å². The summed E-state index contributed by atoms with van der Waals surface area (Å²) in [6.07, 6.45) is 7.34. The van der Waals surface area contributed by atoms with E-state index in [1.54, 1.807) is 0 Å². The smallest absolute Gasteiger partial charge is 0.0300 e. The molecule has 0 radical (unpaired) electrons. The van der Waals surface area contributed by atoms with Crippen LogP contribution in [0.25, 0.3) is 0 Å². The van der Waals surface area contributed by atoms with Crippen molar-refractivity contribution in [2.45, 2.75) is 51.6 Å². The second-order valence-corrected chi connectivity index (χ2v) is 5.94. The topological polar surface area (TPSA) is 28.2 Å². The predicted molar refractivity (Wildman–Crippen MR) is 80.3 cm³/mol. The summed E-state index contributed by atoms with van der Waals surface area (Å²) in [5.41, 5.74) is 1.62. The Morgan fingerprint density at radius 3 is 2.95 bits per heavy atom. The Bertz CT molecular complexity index is 379. The van der Waals surface area contributed by atoms with E-state index in [1.165, 1.54) is 18.4 Å². The average molecular weight is 261 g/mol. The molecule has 1 saturated heterocycles. The van der Waals surface area contributed by atoms with Crippen molar-refractivity contribution in [2.75, 3.05) is 19.6 Å². The fraction of sp³-hybridized carbons (Fsp3) is 0.688. The van der Waals surface area contributed by atoms with E-state index < -0.39 is 0 Å². The summed E-state index contributed by atoms with van der Waals surface area (Å²) in [5, 5.41) is 3.72. The molecule has 1 fully saturated rings. The molecule has 1 aliphatic heterocycles. The van der Waals surface area contributed by atoms with Gasteiger partial charge in [-0.3, -0.25) is 9.88 Å². The van der Waals surface area contributed by atoms with Crippen LogP contribution < -0.4 is 5.32 Å². The zero-order valence-corrected chi connectivity index (χ0v) is 12.5. The van der Waals surface area contributed by atoms with E-state index in [1.807, 2.05) is 18.5 Å². The second kappa shape index (κ2) is 6.49. The maximum atomic E-state index is 4.20. The van der Waals surface area contributed by atoms with Crippen molar-refractivity contribution in [3.05, 3.63) is 30.1 Å². The highest BCUT2D eigenvalue weighted by atomic mass is 15.2. The molecule has 0 spiro atoms. The molecule has 1 aliphatic rings. The summed E-state index contributed by atoms with van der Waals surface area (Å²) in [4.78, 5) is 6.86. The summed E-state index contributed by atoms with van der Waals surface area (Å²) in [6, 6.07) is 4.88. The minimum Gasteiger partial charge on any atom is -0.309 e. The lowest BCUT2D eigenvalue weighted by Crippen LogP contribution is -2.62. The minimum atomic E-state index is 0.278. The molecule has 0 aliphatic carbocycles. The first-order valence-electron chi connectivity index (χ1n) is 7.55. The van der Waals surface area contributed by atoms with Gasteiger partial charge in [0.25, 0.3) is 0 Å². The molecule has 2 heterocycles. The highest BCUT2D eigenvalue weighted by Gasteiger charge is 2.33. The number of nitrogens with one attached hydrogen (secondary N) is 1. The quantitative estimate of drug-likeness (QED) is 0.882. The number of nitrogens with zero attached hydrogens (tertiary/aromatic N) is 2. The van der Waals surface area contributed by atoms with Gasteiger partial charge in [0.15, 0.2) is 0 Å². The third kappa shape index (κ3) is 3.77. The van der Waals surface area contributed by atoms with Gasteiger partial charge in [0.1, 0.15) is 0 Å². The van der Waals surface area contributed by atoms with Crippen molar-refractivity contribution in [1.82, 2.24) is 15.2 Å². The monoisotopic (exact) mass is 261 g/mol. The highest BCUT2D eigenvalue weighted by Crippen LogP contribution is 2.20. The number of aromatic nitrogens is 1. The Hall–Kier alpha value is -0.930. The van der Waals surface area contributed by atoms with Gasteiger partial charge in [-0.2, -0.15) is 0 Å². The van der Waals surface area contributed by atoms with Gasteiger partial charge in [0, 0.05) is 43.6 Å². The van der Waals surface area contributed by atoms with Crippen LogP contribution in [0.3, 0.4) is 0 Å². The molecule has 0 amide bonds. The normalized spacial score (nSPS) is 28.5. The molecular formula is C16H27N3. The number of hydrogen-bond donors (Lipinski definition) is 1. The van der Waals surface area contributed by atoms with E-state index in [4.69, 9.17) is 0 Å². The zero-order valence-electron chi connectivity index (χ0n) is 12.5. The molecule has 0 saturated carbocycles. The summed E-state index contributed by atoms with van der Waals surface area (Å²) in [6.45, 7) is 10.3. The van der Waals surface area contributed by atoms with Crippen molar-refractivity contribution >= 4 is 0 Å². The van der Waals surface area contributed by atoms with Crippen LogP contribution in [-0.2, 0) is 6.42 Å². The van der Waals surface area contributed by atoms with E-state index >= 15 is 0 Å². The van der Waals surface area contributed by atoms with Crippen molar-refractivity contribution in [1.29, 1.82) is 0 Å². The first-order valence-corrected chi connectivity index (χ1v) is 7.55. The van der Waals surface area contributed by atoms with Crippen LogP contribution in [-0.4, -0.2) is 41.1 Å². The van der Waals surface area contributed by atoms with Gasteiger partial charge >= 0.3 is 0 Å². The third-order valence-electron chi connectivity index (χ3n) is 4.49. The second-order valence-electron chi connectivity index (χ2n) is 5.94. The van der Waals surface area contributed by atoms with E-state index in [-0.39, 0.29) is 5.54 Å². The number of hydrogen-bond acceptors (Lipinski definition) is 3. The van der Waals surface area contributed by atoms with Crippen LogP contribution in [0, 0.1) is 0 Å². The van der Waals surface area contributed by atoms with E-state index in [9.17, 15) is 0 Å². The molecule has 1 N–H and O–H groups in total. The Morgan fingerprint density at radius 2 is 2.32 bits per heavy atom. The lowest BCUT2D eigenvalue weighted by atomic mass is 9.92. The standard InChI is InChI=1S/C16H27N3/c1-4-15-12-18-16(3,5-2)13-19(15)10-8-14-7-6-9-17-11-14/h6-7,9,11,15,18H,4-5,8,10,12-13H2,1-3H3. The van der Waals surface area contributed by atoms with Gasteiger partial charge in [-0.1, -0.05) is 19.9 Å². The van der Waals surface area contributed by atoms with Crippen LogP contribution in [0.1, 0.15) is 39.2 Å². The summed E-state index contributed by atoms with van der Waals surface area (Å²) < 4.78 is 0. The molecule has 2 rings (SSSR count). The fourth-order valence-electron chi connectivity index (χ4n) is 2.85. The lowest BCUT2D eigenvalue weighted by molar-refractivity contribution is 0.0832. The first-order chi connectivity index (χ1) is 9.17. The fourth-order valence-corrected chi connectivity index (χ4v) is 2.85. The average Bonchev–Trinajstić information content (AvgIpc) is 2.46. The van der Waals surface area contributed by atoms with Crippen LogP contribution in [0.4, 0.5) is 0 Å². The largest absolute Gasteiger partial charge is 0.309 e. The molecule has 0 aromatic carbocycles. The number of rotatable bonds is 5. The molecule has 0 bridgehead atoms. The van der Waals surface area contributed by atoms with Gasteiger partial charge in [-0.05, 0) is 37.8 Å². The molecule has 2 unspecified atom stereocenters. The van der Waals surface area contributed by atoms with Gasteiger partial charge in [-0.15, -0.1) is 0 Å². The Kier molecular flexibility index (Phi) is 4.94. The van der Waals surface area contributed by atoms with Crippen LogP contribution >= 0.6 is 0 Å². The molecule has 2 atom stereocenters. The van der Waals surface area contributed by atoms with Crippen molar-refractivity contribution in [2.24, 2.45) is 0 Å². The van der Waals surface area contributed by atoms with Crippen molar-refractivity contribution in [3.8, 4) is 0 Å². The third-order valence-corrected chi connectivity index (χ3v) is 4.49. The molecule has 106 valence electrons. The Morgan fingerprint density at radius 1 is 1.47 bits per heavy atom. The highest BCUT2D eigenvalue weighted by molar-refractivity contribution is 5.09. The zero-order chi connectivity index (χ0) is 13.7. The summed E-state index contributed by atoms with van der Waals surface area (Å²) in [5.74, 6) is 0. The predicted octanol–water partition coefficient (Wildman–Crippen LogP) is 2.48. The van der Waals surface area contributed by atoms with Gasteiger partial charge in [0.2, 0.25) is 0 Å². The lowest BCUT2D eigenvalue weighted by Gasteiger charge is -2.46. The molecule has 1 aromatic heterocycles. The van der Waals surface area contributed by atoms with Crippen molar-refractivity contribution < 1.29 is 0 Å². The molecule has 3 heteroatoms. The molecular weight excluding hydrogens is 234 g/mol. The number of piperazine rings is 1. The summed E-state index contributed by atoms with van der Waals surface area (Å²) in [7, 11) is 0. The SMILES string of the molecule is CCC1CNC(C)(CC)CN1CCc1cccnc1. The van der Waals surface area contributed by atoms with Crippen molar-refractivity contribution in [3.63, 3.8) is 0 Å². The van der Waals surface area contributed by atoms with Gasteiger partial charge in [0.05, 0.1) is 0 Å². The van der Waals surface area contributed by atoms with Gasteiger partial charge in [-0.25, -0.2) is 0 Å².